The lowest BCUT2D eigenvalue weighted by molar-refractivity contribution is -0.143. The first kappa shape index (κ1) is 19.0. The van der Waals surface area contributed by atoms with Crippen LogP contribution in [-0.4, -0.2) is 17.9 Å². The zero-order valence-electron chi connectivity index (χ0n) is 16.8. The van der Waals surface area contributed by atoms with Gasteiger partial charge in [0.1, 0.15) is 23.4 Å². The molecule has 0 N–H and O–H groups in total. The maximum atomic E-state index is 12.7. The monoisotopic (exact) mass is 390 g/mol. The molecule has 2 aromatic rings. The van der Waals surface area contributed by atoms with Gasteiger partial charge in [-0.25, -0.2) is 0 Å². The molecule has 148 valence electrons. The fourth-order valence-corrected chi connectivity index (χ4v) is 3.06. The maximum Gasteiger partial charge on any atom is 0.316 e. The lowest BCUT2D eigenvalue weighted by Crippen LogP contribution is -2.25. The molecule has 5 nitrogen and oxygen atoms in total. The first-order chi connectivity index (χ1) is 13.7. The summed E-state index contributed by atoms with van der Waals surface area (Å²) < 4.78 is 17.1. The third kappa shape index (κ3) is 3.68. The van der Waals surface area contributed by atoms with Crippen molar-refractivity contribution in [3.05, 3.63) is 71.0 Å². The summed E-state index contributed by atoms with van der Waals surface area (Å²) in [4.78, 5) is 24.8. The van der Waals surface area contributed by atoms with Crippen LogP contribution in [0, 0.1) is 5.41 Å². The summed E-state index contributed by atoms with van der Waals surface area (Å²) >= 11 is 0. The second-order valence-corrected chi connectivity index (χ2v) is 8.18. The van der Waals surface area contributed by atoms with E-state index in [9.17, 15) is 9.59 Å². The van der Waals surface area contributed by atoms with Crippen LogP contribution in [0.1, 0.15) is 43.6 Å². The number of rotatable bonds is 2. The van der Waals surface area contributed by atoms with Gasteiger partial charge >= 0.3 is 5.97 Å². The van der Waals surface area contributed by atoms with Crippen molar-refractivity contribution in [3.8, 4) is 17.2 Å². The van der Waals surface area contributed by atoms with E-state index < -0.39 is 5.41 Å². The largest absolute Gasteiger partial charge is 0.485 e. The van der Waals surface area contributed by atoms with Crippen molar-refractivity contribution in [1.82, 2.24) is 0 Å². The smallest absolute Gasteiger partial charge is 0.316 e. The van der Waals surface area contributed by atoms with Crippen LogP contribution in [0.4, 0.5) is 0 Å². The van der Waals surface area contributed by atoms with Crippen LogP contribution in [-0.2, 0) is 4.79 Å². The minimum absolute atomic E-state index is 0.208. The van der Waals surface area contributed by atoms with Crippen molar-refractivity contribution in [3.63, 3.8) is 0 Å². The highest BCUT2D eigenvalue weighted by Gasteiger charge is 2.30. The molecule has 2 aromatic carbocycles. The summed E-state index contributed by atoms with van der Waals surface area (Å²) in [5.41, 5.74) is 1.62. The Kier molecular flexibility index (Phi) is 4.53. The van der Waals surface area contributed by atoms with Gasteiger partial charge in [0.15, 0.2) is 5.76 Å². The number of ether oxygens (including phenoxy) is 3. The maximum absolute atomic E-state index is 12.7. The summed E-state index contributed by atoms with van der Waals surface area (Å²) in [7, 11) is 0. The van der Waals surface area contributed by atoms with Gasteiger partial charge in [0, 0.05) is 11.6 Å². The number of allylic oxidation sites excluding steroid dienone is 1. The van der Waals surface area contributed by atoms with Gasteiger partial charge in [0.2, 0.25) is 5.78 Å². The molecule has 0 aromatic heterocycles. The van der Waals surface area contributed by atoms with Gasteiger partial charge in [-0.2, -0.15) is 0 Å². The summed E-state index contributed by atoms with van der Waals surface area (Å²) in [5.74, 6) is 1.20. The molecule has 0 amide bonds. The molecule has 0 radical (unpaired) electrons. The standard InChI is InChI=1S/C24H22O5/c1-14-16(11-15-7-5-6-8-19(15)27-14)12-21-22(25)18-10-9-17(13-20(18)29-21)28-23(26)24(2,3)4/h5-14H,1-4H3/b21-12-/t14-/m1/s1. The van der Waals surface area contributed by atoms with Crippen LogP contribution in [0.2, 0.25) is 0 Å². The SMILES string of the molecule is C[C@H]1Oc2ccccc2C=C1/C=C1\Oc2cc(OC(=O)C(C)(C)C)ccc2C1=O. The molecule has 1 atom stereocenters. The summed E-state index contributed by atoms with van der Waals surface area (Å²) in [5, 5.41) is 0. The lowest BCUT2D eigenvalue weighted by Gasteiger charge is -2.22. The highest BCUT2D eigenvalue weighted by molar-refractivity contribution is 6.12. The Morgan fingerprint density at radius 3 is 2.62 bits per heavy atom. The van der Waals surface area contributed by atoms with E-state index in [2.05, 4.69) is 0 Å². The number of carbonyl (C=O) groups excluding carboxylic acids is 2. The van der Waals surface area contributed by atoms with E-state index >= 15 is 0 Å². The molecule has 0 spiro atoms. The topological polar surface area (TPSA) is 61.8 Å². The van der Waals surface area contributed by atoms with Crippen LogP contribution < -0.4 is 14.2 Å². The molecule has 29 heavy (non-hydrogen) atoms. The van der Waals surface area contributed by atoms with E-state index in [1.165, 1.54) is 0 Å². The molecule has 2 aliphatic heterocycles. The van der Waals surface area contributed by atoms with Crippen molar-refractivity contribution < 1.29 is 23.8 Å². The number of Topliss-reactive ketones (excluding diaryl/α,β-unsaturated/α-hetero) is 1. The van der Waals surface area contributed by atoms with Gasteiger partial charge in [-0.15, -0.1) is 0 Å². The number of ketones is 1. The third-order valence-corrected chi connectivity index (χ3v) is 4.78. The third-order valence-electron chi connectivity index (χ3n) is 4.78. The zero-order valence-corrected chi connectivity index (χ0v) is 16.8. The highest BCUT2D eigenvalue weighted by atomic mass is 16.5. The highest BCUT2D eigenvalue weighted by Crippen LogP contribution is 2.37. The number of carbonyl (C=O) groups is 2. The van der Waals surface area contributed by atoms with Crippen LogP contribution in [0.25, 0.3) is 6.08 Å². The fourth-order valence-electron chi connectivity index (χ4n) is 3.06. The normalized spacial score (nSPS) is 19.0. The first-order valence-electron chi connectivity index (χ1n) is 9.50. The second-order valence-electron chi connectivity index (χ2n) is 8.18. The second kappa shape index (κ2) is 6.92. The average molecular weight is 390 g/mol. The minimum Gasteiger partial charge on any atom is -0.485 e. The molecule has 0 saturated heterocycles. The van der Waals surface area contributed by atoms with Gasteiger partial charge in [-0.1, -0.05) is 18.2 Å². The van der Waals surface area contributed by atoms with Crippen molar-refractivity contribution in [2.75, 3.05) is 0 Å². The van der Waals surface area contributed by atoms with E-state index in [4.69, 9.17) is 14.2 Å². The molecule has 0 unspecified atom stereocenters. The van der Waals surface area contributed by atoms with Crippen molar-refractivity contribution in [1.29, 1.82) is 0 Å². The minimum atomic E-state index is -0.624. The van der Waals surface area contributed by atoms with Crippen LogP contribution in [0.15, 0.2) is 59.9 Å². The van der Waals surface area contributed by atoms with Crippen LogP contribution >= 0.6 is 0 Å². The fraction of sp³-hybridized carbons (Fsp3) is 0.250. The van der Waals surface area contributed by atoms with E-state index in [0.29, 0.717) is 17.1 Å². The Balaban J connectivity index is 1.60. The molecule has 2 aliphatic rings. The molecule has 5 heteroatoms. The van der Waals surface area contributed by atoms with Crippen molar-refractivity contribution in [2.45, 2.75) is 33.8 Å². The molecular weight excluding hydrogens is 368 g/mol. The van der Waals surface area contributed by atoms with Gasteiger partial charge in [0.25, 0.3) is 0 Å². The van der Waals surface area contributed by atoms with Gasteiger partial charge in [-0.05, 0) is 63.6 Å². The zero-order chi connectivity index (χ0) is 20.8. The number of hydrogen-bond acceptors (Lipinski definition) is 5. The Morgan fingerprint density at radius 1 is 1.10 bits per heavy atom. The van der Waals surface area contributed by atoms with E-state index in [1.807, 2.05) is 37.3 Å². The number of fused-ring (bicyclic) bond motifs is 2. The molecule has 2 heterocycles. The summed E-state index contributed by atoms with van der Waals surface area (Å²) in [6.07, 6.45) is 3.50. The Labute approximate surface area is 169 Å². The van der Waals surface area contributed by atoms with Crippen molar-refractivity contribution in [2.24, 2.45) is 5.41 Å². The van der Waals surface area contributed by atoms with Gasteiger partial charge in [0.05, 0.1) is 11.0 Å². The lowest BCUT2D eigenvalue weighted by atomic mass is 9.97. The van der Waals surface area contributed by atoms with Crippen molar-refractivity contribution >= 4 is 17.8 Å². The van der Waals surface area contributed by atoms with E-state index in [-0.39, 0.29) is 23.6 Å². The quantitative estimate of drug-likeness (QED) is 0.412. The predicted octanol–water partition coefficient (Wildman–Crippen LogP) is 4.96. The van der Waals surface area contributed by atoms with Gasteiger partial charge in [-0.3, -0.25) is 9.59 Å². The number of hydrogen-bond donors (Lipinski definition) is 0. The first-order valence-corrected chi connectivity index (χ1v) is 9.50. The number of benzene rings is 2. The Bertz CT molecular complexity index is 1070. The van der Waals surface area contributed by atoms with E-state index in [0.717, 1.165) is 16.9 Å². The summed E-state index contributed by atoms with van der Waals surface area (Å²) in [6.45, 7) is 7.27. The molecule has 0 saturated carbocycles. The predicted molar refractivity (Wildman–Crippen MR) is 109 cm³/mol. The molecule has 0 bridgehead atoms. The van der Waals surface area contributed by atoms with E-state index in [1.54, 1.807) is 45.0 Å². The molecule has 4 rings (SSSR count). The van der Waals surface area contributed by atoms with Crippen LogP contribution in [0.3, 0.4) is 0 Å². The Hall–Kier alpha value is -3.34. The van der Waals surface area contributed by atoms with Crippen LogP contribution in [0.5, 0.6) is 17.2 Å². The number of esters is 1. The Morgan fingerprint density at radius 2 is 1.86 bits per heavy atom. The average Bonchev–Trinajstić information content (AvgIpc) is 2.96. The van der Waals surface area contributed by atoms with Gasteiger partial charge < -0.3 is 14.2 Å². The molecule has 0 aliphatic carbocycles. The number of para-hydroxylation sites is 1. The molecular formula is C24H22O5. The summed E-state index contributed by atoms with van der Waals surface area (Å²) in [6, 6.07) is 12.5. The molecule has 0 fully saturated rings.